The largest absolute Gasteiger partial charge is 0.360 e. The van der Waals surface area contributed by atoms with Crippen LogP contribution >= 0.6 is 0 Å². The molecule has 0 spiro atoms. The molecule has 0 fully saturated rings. The summed E-state index contributed by atoms with van der Waals surface area (Å²) in [5.74, 6) is -0.808. The summed E-state index contributed by atoms with van der Waals surface area (Å²) >= 11 is 0. The number of nitriles is 1. The molecular weight excluding hydrogens is 168 g/mol. The summed E-state index contributed by atoms with van der Waals surface area (Å²) in [4.78, 5) is 11.5. The zero-order chi connectivity index (χ0) is 9.84. The van der Waals surface area contributed by atoms with Gasteiger partial charge in [0.15, 0.2) is 17.5 Å². The molecule has 0 aliphatic rings. The number of carbonyl (C=O) groups is 1. The van der Waals surface area contributed by atoms with E-state index in [1.165, 1.54) is 12.3 Å². The molecule has 1 aromatic heterocycles. The summed E-state index contributed by atoms with van der Waals surface area (Å²) in [7, 11) is 0. The van der Waals surface area contributed by atoms with E-state index in [1.807, 2.05) is 6.07 Å². The Balaban J connectivity index is 2.88. The molecule has 0 radical (unpaired) electrons. The minimum Gasteiger partial charge on any atom is -0.360 e. The Labute approximate surface area is 76.1 Å². The molecule has 0 amide bonds. The van der Waals surface area contributed by atoms with Crippen LogP contribution in [0.5, 0.6) is 0 Å². The number of hydrogen-bond acceptors (Lipinski definition) is 4. The lowest BCUT2D eigenvalue weighted by Gasteiger charge is -2.06. The summed E-state index contributed by atoms with van der Waals surface area (Å²) in [5, 5.41) is 12.2. The van der Waals surface area contributed by atoms with Gasteiger partial charge < -0.3 is 4.52 Å². The minimum atomic E-state index is -0.817. The van der Waals surface area contributed by atoms with Crippen molar-refractivity contribution >= 4 is 5.78 Å². The second-order valence-corrected chi connectivity index (χ2v) is 3.03. The quantitative estimate of drug-likeness (QED) is 0.703. The minimum absolute atomic E-state index is 0.140. The maximum absolute atomic E-state index is 11.5. The highest BCUT2D eigenvalue weighted by molar-refractivity contribution is 5.89. The number of aromatic nitrogens is 1. The SMILES string of the molecule is CC(C)C(=O)C(C#N)c1ccno1. The highest BCUT2D eigenvalue weighted by atomic mass is 16.5. The van der Waals surface area contributed by atoms with Crippen LogP contribution in [0.4, 0.5) is 0 Å². The highest BCUT2D eigenvalue weighted by Gasteiger charge is 2.25. The molecule has 1 unspecified atom stereocenters. The van der Waals surface area contributed by atoms with E-state index in [9.17, 15) is 4.79 Å². The van der Waals surface area contributed by atoms with Gasteiger partial charge >= 0.3 is 0 Å². The van der Waals surface area contributed by atoms with Gasteiger partial charge in [-0.15, -0.1) is 0 Å². The molecule has 0 aliphatic carbocycles. The average Bonchev–Trinajstić information content (AvgIpc) is 2.58. The van der Waals surface area contributed by atoms with Gasteiger partial charge in [0.25, 0.3) is 0 Å². The third-order valence-corrected chi connectivity index (χ3v) is 1.72. The Kier molecular flexibility index (Phi) is 2.80. The van der Waals surface area contributed by atoms with E-state index in [1.54, 1.807) is 13.8 Å². The number of Topliss-reactive ketones (excluding diaryl/α,β-unsaturated/α-hetero) is 1. The van der Waals surface area contributed by atoms with Gasteiger partial charge in [-0.3, -0.25) is 4.79 Å². The molecule has 68 valence electrons. The van der Waals surface area contributed by atoms with Crippen molar-refractivity contribution < 1.29 is 9.32 Å². The standard InChI is InChI=1S/C9H10N2O2/c1-6(2)9(12)7(5-10)8-3-4-11-13-8/h3-4,6-7H,1-2H3. The maximum Gasteiger partial charge on any atom is 0.165 e. The molecule has 13 heavy (non-hydrogen) atoms. The summed E-state index contributed by atoms with van der Waals surface area (Å²) in [6.07, 6.45) is 1.42. The first-order chi connectivity index (χ1) is 6.16. The van der Waals surface area contributed by atoms with Crippen molar-refractivity contribution in [1.29, 1.82) is 5.26 Å². The van der Waals surface area contributed by atoms with Crippen LogP contribution in [0, 0.1) is 17.2 Å². The van der Waals surface area contributed by atoms with Gasteiger partial charge in [-0.05, 0) is 0 Å². The van der Waals surface area contributed by atoms with Crippen LogP contribution < -0.4 is 0 Å². The van der Waals surface area contributed by atoms with Crippen molar-refractivity contribution in [3.8, 4) is 6.07 Å². The Morgan fingerprint density at radius 3 is 2.77 bits per heavy atom. The van der Waals surface area contributed by atoms with Gasteiger partial charge in [0.05, 0.1) is 12.3 Å². The first kappa shape index (κ1) is 9.46. The van der Waals surface area contributed by atoms with Crippen LogP contribution in [0.25, 0.3) is 0 Å². The summed E-state index contributed by atoms with van der Waals surface area (Å²) in [5.41, 5.74) is 0. The van der Waals surface area contributed by atoms with Gasteiger partial charge in [-0.25, -0.2) is 0 Å². The Bertz CT molecular complexity index is 322. The third kappa shape index (κ3) is 1.94. The lowest BCUT2D eigenvalue weighted by molar-refractivity contribution is -0.122. The van der Waals surface area contributed by atoms with Crippen LogP contribution in [0.3, 0.4) is 0 Å². The topological polar surface area (TPSA) is 66.9 Å². The summed E-state index contributed by atoms with van der Waals surface area (Å²) < 4.78 is 4.76. The van der Waals surface area contributed by atoms with E-state index in [0.29, 0.717) is 5.76 Å². The van der Waals surface area contributed by atoms with Crippen molar-refractivity contribution in [2.24, 2.45) is 5.92 Å². The molecule has 1 aromatic rings. The molecule has 0 bridgehead atoms. The summed E-state index contributed by atoms with van der Waals surface area (Å²) in [6, 6.07) is 3.44. The first-order valence-electron chi connectivity index (χ1n) is 4.00. The first-order valence-corrected chi connectivity index (χ1v) is 4.00. The van der Waals surface area contributed by atoms with E-state index >= 15 is 0 Å². The van der Waals surface area contributed by atoms with Gasteiger partial charge in [0, 0.05) is 12.0 Å². The molecule has 1 rings (SSSR count). The summed E-state index contributed by atoms with van der Waals surface area (Å²) in [6.45, 7) is 3.51. The van der Waals surface area contributed by atoms with E-state index in [4.69, 9.17) is 9.78 Å². The van der Waals surface area contributed by atoms with Crippen molar-refractivity contribution in [2.45, 2.75) is 19.8 Å². The maximum atomic E-state index is 11.5. The second kappa shape index (κ2) is 3.85. The molecule has 1 heterocycles. The number of rotatable bonds is 3. The van der Waals surface area contributed by atoms with Crippen molar-refractivity contribution in [1.82, 2.24) is 5.16 Å². The van der Waals surface area contributed by atoms with E-state index in [-0.39, 0.29) is 11.7 Å². The van der Waals surface area contributed by atoms with Crippen molar-refractivity contribution in [3.05, 3.63) is 18.0 Å². The van der Waals surface area contributed by atoms with Crippen molar-refractivity contribution in [3.63, 3.8) is 0 Å². The van der Waals surface area contributed by atoms with Gasteiger partial charge in [0.2, 0.25) is 0 Å². The monoisotopic (exact) mass is 178 g/mol. The molecule has 4 nitrogen and oxygen atoms in total. The Morgan fingerprint density at radius 2 is 2.38 bits per heavy atom. The fourth-order valence-corrected chi connectivity index (χ4v) is 0.975. The van der Waals surface area contributed by atoms with Crippen LogP contribution in [-0.4, -0.2) is 10.9 Å². The van der Waals surface area contributed by atoms with Gasteiger partial charge in [0.1, 0.15) is 0 Å². The molecule has 0 N–H and O–H groups in total. The molecular formula is C9H10N2O2. The van der Waals surface area contributed by atoms with Crippen molar-refractivity contribution in [2.75, 3.05) is 0 Å². The van der Waals surface area contributed by atoms with E-state index in [2.05, 4.69) is 5.16 Å². The van der Waals surface area contributed by atoms with Crippen LogP contribution in [0.1, 0.15) is 25.5 Å². The third-order valence-electron chi connectivity index (χ3n) is 1.72. The van der Waals surface area contributed by atoms with E-state index < -0.39 is 5.92 Å². The van der Waals surface area contributed by atoms with Crippen LogP contribution in [0.15, 0.2) is 16.8 Å². The lowest BCUT2D eigenvalue weighted by atomic mass is 9.94. The fourth-order valence-electron chi connectivity index (χ4n) is 0.975. The second-order valence-electron chi connectivity index (χ2n) is 3.03. The number of ketones is 1. The zero-order valence-electron chi connectivity index (χ0n) is 7.52. The Hall–Kier alpha value is -1.63. The average molecular weight is 178 g/mol. The van der Waals surface area contributed by atoms with E-state index in [0.717, 1.165) is 0 Å². The Morgan fingerprint density at radius 1 is 1.69 bits per heavy atom. The smallest absolute Gasteiger partial charge is 0.165 e. The number of carbonyl (C=O) groups excluding carboxylic acids is 1. The highest BCUT2D eigenvalue weighted by Crippen LogP contribution is 2.18. The normalized spacial score (nSPS) is 12.5. The zero-order valence-corrected chi connectivity index (χ0v) is 7.52. The fraction of sp³-hybridized carbons (Fsp3) is 0.444. The number of nitrogens with zero attached hydrogens (tertiary/aromatic N) is 2. The molecule has 0 saturated carbocycles. The predicted molar refractivity (Wildman–Crippen MR) is 44.7 cm³/mol. The van der Waals surface area contributed by atoms with Gasteiger partial charge in [-0.2, -0.15) is 5.26 Å². The number of hydrogen-bond donors (Lipinski definition) is 0. The molecule has 1 atom stereocenters. The predicted octanol–water partition coefficient (Wildman–Crippen LogP) is 1.51. The van der Waals surface area contributed by atoms with Gasteiger partial charge in [-0.1, -0.05) is 19.0 Å². The molecule has 4 heteroatoms. The lowest BCUT2D eigenvalue weighted by Crippen LogP contribution is -2.16. The molecule has 0 aromatic carbocycles. The van der Waals surface area contributed by atoms with Crippen LogP contribution in [0.2, 0.25) is 0 Å². The van der Waals surface area contributed by atoms with Crippen LogP contribution in [-0.2, 0) is 4.79 Å². The molecule has 0 saturated heterocycles. The molecule has 0 aliphatic heterocycles.